The molecule has 1 saturated carbocycles. The Hall–Kier alpha value is -1.000. The van der Waals surface area contributed by atoms with E-state index in [1.165, 1.54) is 0 Å². The van der Waals surface area contributed by atoms with Gasteiger partial charge in [-0.1, -0.05) is 23.2 Å². The van der Waals surface area contributed by atoms with Gasteiger partial charge in [0.05, 0.1) is 16.0 Å². The third kappa shape index (κ3) is 2.40. The van der Waals surface area contributed by atoms with Crippen LogP contribution in [0.5, 0.6) is 0 Å². The SMILES string of the molecule is O=C(NC1CC1)C1CN(c2ncc(Cl)cc2Cl)C1. The molecule has 1 aliphatic carbocycles. The average molecular weight is 286 g/mol. The van der Waals surface area contributed by atoms with E-state index in [-0.39, 0.29) is 11.8 Å². The lowest BCUT2D eigenvalue weighted by molar-refractivity contribution is -0.125. The van der Waals surface area contributed by atoms with E-state index < -0.39 is 0 Å². The number of halogens is 2. The summed E-state index contributed by atoms with van der Waals surface area (Å²) in [7, 11) is 0. The van der Waals surface area contributed by atoms with Crippen LogP contribution in [0.1, 0.15) is 12.8 Å². The van der Waals surface area contributed by atoms with Gasteiger partial charge in [0.1, 0.15) is 5.82 Å². The van der Waals surface area contributed by atoms with Crippen molar-refractivity contribution in [2.75, 3.05) is 18.0 Å². The molecule has 1 amide bonds. The number of carbonyl (C=O) groups is 1. The third-order valence-corrected chi connectivity index (χ3v) is 3.75. The van der Waals surface area contributed by atoms with Crippen LogP contribution in [-0.4, -0.2) is 30.0 Å². The van der Waals surface area contributed by atoms with Crippen LogP contribution >= 0.6 is 23.2 Å². The number of nitrogens with zero attached hydrogens (tertiary/aromatic N) is 2. The van der Waals surface area contributed by atoms with Crippen LogP contribution in [0.3, 0.4) is 0 Å². The Labute approximate surface area is 115 Å². The molecule has 0 atom stereocenters. The van der Waals surface area contributed by atoms with Crippen LogP contribution in [0.15, 0.2) is 12.3 Å². The van der Waals surface area contributed by atoms with Crippen molar-refractivity contribution in [2.45, 2.75) is 18.9 Å². The fourth-order valence-corrected chi connectivity index (χ4v) is 2.50. The quantitative estimate of drug-likeness (QED) is 0.925. The largest absolute Gasteiger partial charge is 0.354 e. The average Bonchev–Trinajstić information content (AvgIpc) is 3.02. The van der Waals surface area contributed by atoms with Crippen molar-refractivity contribution in [2.24, 2.45) is 5.92 Å². The second-order valence-electron chi connectivity index (χ2n) is 4.84. The molecule has 6 heteroatoms. The standard InChI is InChI=1S/C12H13Cl2N3O/c13-8-3-10(14)11(15-4-8)17-5-7(6-17)12(18)16-9-1-2-9/h3-4,7,9H,1-2,5-6H2,(H,16,18). The molecule has 18 heavy (non-hydrogen) atoms. The number of hydrogen-bond donors (Lipinski definition) is 1. The van der Waals surface area contributed by atoms with E-state index in [2.05, 4.69) is 10.3 Å². The summed E-state index contributed by atoms with van der Waals surface area (Å²) in [5.41, 5.74) is 0. The molecular weight excluding hydrogens is 273 g/mol. The molecule has 1 aromatic rings. The van der Waals surface area contributed by atoms with Crippen molar-refractivity contribution in [3.63, 3.8) is 0 Å². The fraction of sp³-hybridized carbons (Fsp3) is 0.500. The fourth-order valence-electron chi connectivity index (χ4n) is 2.00. The zero-order chi connectivity index (χ0) is 12.7. The monoisotopic (exact) mass is 285 g/mol. The number of nitrogens with one attached hydrogen (secondary N) is 1. The molecule has 96 valence electrons. The first-order valence-electron chi connectivity index (χ1n) is 6.00. The summed E-state index contributed by atoms with van der Waals surface area (Å²) in [6, 6.07) is 2.09. The summed E-state index contributed by atoms with van der Waals surface area (Å²) in [4.78, 5) is 18.0. The molecule has 4 nitrogen and oxygen atoms in total. The molecule has 0 unspecified atom stereocenters. The summed E-state index contributed by atoms with van der Waals surface area (Å²) < 4.78 is 0. The van der Waals surface area contributed by atoms with E-state index in [1.54, 1.807) is 12.3 Å². The molecule has 2 heterocycles. The van der Waals surface area contributed by atoms with Gasteiger partial charge in [0.25, 0.3) is 0 Å². The Morgan fingerprint density at radius 2 is 2.11 bits per heavy atom. The number of amides is 1. The summed E-state index contributed by atoms with van der Waals surface area (Å²) in [5, 5.41) is 4.06. The van der Waals surface area contributed by atoms with Gasteiger partial charge in [0.2, 0.25) is 5.91 Å². The van der Waals surface area contributed by atoms with Gasteiger partial charge >= 0.3 is 0 Å². The maximum atomic E-state index is 11.8. The van der Waals surface area contributed by atoms with Gasteiger partial charge in [0.15, 0.2) is 0 Å². The van der Waals surface area contributed by atoms with E-state index in [4.69, 9.17) is 23.2 Å². The van der Waals surface area contributed by atoms with Gasteiger partial charge in [-0.05, 0) is 18.9 Å². The van der Waals surface area contributed by atoms with Crippen LogP contribution < -0.4 is 10.2 Å². The van der Waals surface area contributed by atoms with E-state index in [9.17, 15) is 4.79 Å². The predicted octanol–water partition coefficient (Wildman–Crippen LogP) is 2.10. The molecule has 2 aliphatic rings. The molecule has 2 fully saturated rings. The summed E-state index contributed by atoms with van der Waals surface area (Å²) in [5.74, 6) is 0.912. The van der Waals surface area contributed by atoms with Crippen LogP contribution in [0.4, 0.5) is 5.82 Å². The maximum absolute atomic E-state index is 11.8. The number of pyridine rings is 1. The molecule has 1 saturated heterocycles. The Morgan fingerprint density at radius 3 is 2.72 bits per heavy atom. The summed E-state index contributed by atoms with van der Waals surface area (Å²) >= 11 is 11.9. The molecule has 3 rings (SSSR count). The van der Waals surface area contributed by atoms with Gasteiger partial charge in [-0.25, -0.2) is 4.98 Å². The van der Waals surface area contributed by atoms with Gasteiger partial charge in [0, 0.05) is 25.3 Å². The molecular formula is C12H13Cl2N3O. The van der Waals surface area contributed by atoms with Crippen molar-refractivity contribution < 1.29 is 4.79 Å². The number of rotatable bonds is 3. The van der Waals surface area contributed by atoms with Gasteiger partial charge in [-0.3, -0.25) is 4.79 Å². The number of hydrogen-bond acceptors (Lipinski definition) is 3. The maximum Gasteiger partial charge on any atom is 0.226 e. The second-order valence-corrected chi connectivity index (χ2v) is 5.69. The van der Waals surface area contributed by atoms with Crippen LogP contribution in [-0.2, 0) is 4.79 Å². The first-order valence-corrected chi connectivity index (χ1v) is 6.75. The lowest BCUT2D eigenvalue weighted by Crippen LogP contribution is -2.54. The highest BCUT2D eigenvalue weighted by Crippen LogP contribution is 2.31. The normalized spacial score (nSPS) is 19.6. The zero-order valence-corrected chi connectivity index (χ0v) is 11.2. The van der Waals surface area contributed by atoms with Crippen molar-refractivity contribution in [1.29, 1.82) is 0 Å². The van der Waals surface area contributed by atoms with Crippen LogP contribution in [0, 0.1) is 5.92 Å². The van der Waals surface area contributed by atoms with Crippen LogP contribution in [0.2, 0.25) is 10.0 Å². The topological polar surface area (TPSA) is 45.2 Å². The van der Waals surface area contributed by atoms with Crippen LogP contribution in [0.25, 0.3) is 0 Å². The molecule has 1 N–H and O–H groups in total. The van der Waals surface area contributed by atoms with Crippen molar-refractivity contribution >= 4 is 34.9 Å². The number of carbonyl (C=O) groups excluding carboxylic acids is 1. The van der Waals surface area contributed by atoms with Crippen molar-refractivity contribution in [1.82, 2.24) is 10.3 Å². The second kappa shape index (κ2) is 4.59. The Bertz CT molecular complexity index is 484. The zero-order valence-electron chi connectivity index (χ0n) is 9.70. The molecule has 0 bridgehead atoms. The summed E-state index contributed by atoms with van der Waals surface area (Å²) in [6.07, 6.45) is 3.81. The lowest BCUT2D eigenvalue weighted by atomic mass is 9.99. The van der Waals surface area contributed by atoms with Gasteiger partial charge in [-0.2, -0.15) is 0 Å². The molecule has 1 aromatic heterocycles. The predicted molar refractivity (Wildman–Crippen MR) is 71.1 cm³/mol. The summed E-state index contributed by atoms with van der Waals surface area (Å²) in [6.45, 7) is 1.35. The van der Waals surface area contributed by atoms with Gasteiger partial charge < -0.3 is 10.2 Å². The smallest absolute Gasteiger partial charge is 0.226 e. The highest BCUT2D eigenvalue weighted by molar-refractivity contribution is 6.36. The minimum Gasteiger partial charge on any atom is -0.354 e. The first kappa shape index (κ1) is 12.1. The Morgan fingerprint density at radius 1 is 1.39 bits per heavy atom. The number of anilines is 1. The van der Waals surface area contributed by atoms with Crippen molar-refractivity contribution in [3.05, 3.63) is 22.3 Å². The van der Waals surface area contributed by atoms with E-state index in [1.807, 2.05) is 4.90 Å². The van der Waals surface area contributed by atoms with Gasteiger partial charge in [-0.15, -0.1) is 0 Å². The number of aromatic nitrogens is 1. The lowest BCUT2D eigenvalue weighted by Gasteiger charge is -2.39. The van der Waals surface area contributed by atoms with E-state index >= 15 is 0 Å². The Kier molecular flexibility index (Phi) is 3.08. The minimum atomic E-state index is 0.0548. The molecule has 1 aliphatic heterocycles. The molecule has 0 aromatic carbocycles. The Balaban J connectivity index is 1.59. The minimum absolute atomic E-state index is 0.0548. The van der Waals surface area contributed by atoms with Crippen molar-refractivity contribution in [3.8, 4) is 0 Å². The third-order valence-electron chi connectivity index (χ3n) is 3.26. The molecule has 0 spiro atoms. The highest BCUT2D eigenvalue weighted by atomic mass is 35.5. The van der Waals surface area contributed by atoms with E-state index in [0.717, 1.165) is 12.8 Å². The molecule has 0 radical (unpaired) electrons. The van der Waals surface area contributed by atoms with E-state index in [0.29, 0.717) is 35.0 Å². The highest BCUT2D eigenvalue weighted by Gasteiger charge is 2.36. The first-order chi connectivity index (χ1) is 8.63.